The molecule has 0 amide bonds. The van der Waals surface area contributed by atoms with Crippen LogP contribution in [-0.4, -0.2) is 23.0 Å². The van der Waals surface area contributed by atoms with Crippen molar-refractivity contribution in [3.63, 3.8) is 0 Å². The zero-order valence-electron chi connectivity index (χ0n) is 16.3. The topological polar surface area (TPSA) is 3.24 Å². The van der Waals surface area contributed by atoms with Crippen molar-refractivity contribution in [3.8, 4) is 0 Å². The van der Waals surface area contributed by atoms with E-state index >= 15 is 0 Å². The quantitative estimate of drug-likeness (QED) is 0.590. The lowest BCUT2D eigenvalue weighted by molar-refractivity contribution is -0.0643. The van der Waals surface area contributed by atoms with E-state index in [1.54, 1.807) is 0 Å². The molecule has 126 valence electrons. The minimum atomic E-state index is 0.283. The van der Waals surface area contributed by atoms with E-state index in [1.165, 1.54) is 38.6 Å². The molecule has 1 rings (SSSR count). The summed E-state index contributed by atoms with van der Waals surface area (Å²) in [6.45, 7) is 23.2. The maximum absolute atomic E-state index is 2.81. The van der Waals surface area contributed by atoms with Gasteiger partial charge in [0.2, 0.25) is 0 Å². The lowest BCUT2D eigenvalue weighted by Crippen LogP contribution is -2.56. The van der Waals surface area contributed by atoms with E-state index in [-0.39, 0.29) is 5.54 Å². The summed E-state index contributed by atoms with van der Waals surface area (Å²) in [7, 11) is 0. The average Bonchev–Trinajstić information content (AvgIpc) is 2.24. The van der Waals surface area contributed by atoms with Crippen molar-refractivity contribution < 1.29 is 0 Å². The van der Waals surface area contributed by atoms with Gasteiger partial charge in [0, 0.05) is 11.6 Å². The van der Waals surface area contributed by atoms with Crippen molar-refractivity contribution in [2.75, 3.05) is 6.54 Å². The number of hydrogen-bond donors (Lipinski definition) is 0. The highest BCUT2D eigenvalue weighted by atomic mass is 15.2. The Morgan fingerprint density at radius 2 is 1.43 bits per heavy atom. The van der Waals surface area contributed by atoms with Gasteiger partial charge < -0.3 is 0 Å². The van der Waals surface area contributed by atoms with Crippen LogP contribution < -0.4 is 0 Å². The second kappa shape index (κ2) is 6.60. The molecule has 0 unspecified atom stereocenters. The van der Waals surface area contributed by atoms with Crippen LogP contribution in [0.25, 0.3) is 0 Å². The summed E-state index contributed by atoms with van der Waals surface area (Å²) >= 11 is 0. The smallest absolute Gasteiger partial charge is 0.0127 e. The predicted molar refractivity (Wildman–Crippen MR) is 95.7 cm³/mol. The molecule has 0 saturated heterocycles. The van der Waals surface area contributed by atoms with E-state index in [0.717, 1.165) is 12.0 Å². The molecule has 0 bridgehead atoms. The third-order valence-corrected chi connectivity index (χ3v) is 5.87. The molecular weight excluding hydrogens is 254 g/mol. The summed E-state index contributed by atoms with van der Waals surface area (Å²) in [6.07, 6.45) is 6.65. The van der Waals surface area contributed by atoms with Gasteiger partial charge in [-0.25, -0.2) is 0 Å². The van der Waals surface area contributed by atoms with Crippen LogP contribution in [-0.2, 0) is 0 Å². The zero-order chi connectivity index (χ0) is 16.5. The summed E-state index contributed by atoms with van der Waals surface area (Å²) in [6, 6.07) is 0.740. The van der Waals surface area contributed by atoms with Gasteiger partial charge in [0.15, 0.2) is 0 Å². The molecule has 1 nitrogen and oxygen atoms in total. The van der Waals surface area contributed by atoms with E-state index in [0.29, 0.717) is 10.8 Å². The fraction of sp³-hybridized carbons (Fsp3) is 1.00. The van der Waals surface area contributed by atoms with Crippen molar-refractivity contribution in [1.29, 1.82) is 0 Å². The number of hydrogen-bond acceptors (Lipinski definition) is 1. The molecule has 0 heterocycles. The van der Waals surface area contributed by atoms with Crippen LogP contribution in [0.3, 0.4) is 0 Å². The largest absolute Gasteiger partial charge is 0.296 e. The summed E-state index contributed by atoms with van der Waals surface area (Å²) in [5.74, 6) is 0.842. The Morgan fingerprint density at radius 3 is 1.76 bits per heavy atom. The van der Waals surface area contributed by atoms with Gasteiger partial charge in [-0.15, -0.1) is 0 Å². The van der Waals surface area contributed by atoms with Crippen LogP contribution in [0, 0.1) is 16.7 Å². The molecule has 0 aliphatic heterocycles. The van der Waals surface area contributed by atoms with E-state index in [1.807, 2.05) is 0 Å². The zero-order valence-corrected chi connectivity index (χ0v) is 16.3. The van der Waals surface area contributed by atoms with Gasteiger partial charge in [-0.2, -0.15) is 0 Å². The van der Waals surface area contributed by atoms with Gasteiger partial charge in [-0.3, -0.25) is 4.90 Å². The van der Waals surface area contributed by atoms with Crippen LogP contribution in [0.1, 0.15) is 94.4 Å². The minimum Gasteiger partial charge on any atom is -0.296 e. The lowest BCUT2D eigenvalue weighted by Gasteiger charge is -2.56. The van der Waals surface area contributed by atoms with Gasteiger partial charge in [0.25, 0.3) is 0 Å². The standard InChI is InChI=1S/C20H41N/c1-10-12-13-21(18(3,4)5)16-14-19(6,7)17(11-2)20(8,9)15-16/h16-17H,10-15H2,1-9H3. The first-order chi connectivity index (χ1) is 9.45. The molecule has 1 heteroatoms. The first-order valence-corrected chi connectivity index (χ1v) is 9.22. The van der Waals surface area contributed by atoms with E-state index < -0.39 is 0 Å². The maximum Gasteiger partial charge on any atom is 0.0127 e. The van der Waals surface area contributed by atoms with E-state index in [9.17, 15) is 0 Å². The van der Waals surface area contributed by atoms with Gasteiger partial charge in [0.1, 0.15) is 0 Å². The van der Waals surface area contributed by atoms with E-state index in [4.69, 9.17) is 0 Å². The average molecular weight is 296 g/mol. The second-order valence-electron chi connectivity index (χ2n) is 9.72. The Kier molecular flexibility index (Phi) is 5.98. The molecule has 1 aliphatic rings. The Hall–Kier alpha value is -0.0400. The first-order valence-electron chi connectivity index (χ1n) is 9.22. The molecule has 0 N–H and O–H groups in total. The molecule has 0 aromatic carbocycles. The molecule has 0 radical (unpaired) electrons. The lowest BCUT2D eigenvalue weighted by atomic mass is 9.54. The Balaban J connectivity index is 3.01. The van der Waals surface area contributed by atoms with Crippen LogP contribution in [0.2, 0.25) is 0 Å². The van der Waals surface area contributed by atoms with Crippen molar-refractivity contribution in [1.82, 2.24) is 4.90 Å². The van der Waals surface area contributed by atoms with Gasteiger partial charge in [-0.05, 0) is 63.3 Å². The third-order valence-electron chi connectivity index (χ3n) is 5.87. The fourth-order valence-corrected chi connectivity index (χ4v) is 5.35. The van der Waals surface area contributed by atoms with Crippen LogP contribution in [0.4, 0.5) is 0 Å². The normalized spacial score (nSPS) is 28.9. The second-order valence-corrected chi connectivity index (χ2v) is 9.72. The molecule has 1 saturated carbocycles. The first kappa shape index (κ1) is 19.0. The van der Waals surface area contributed by atoms with Gasteiger partial charge >= 0.3 is 0 Å². The molecule has 1 aliphatic carbocycles. The fourth-order valence-electron chi connectivity index (χ4n) is 5.35. The summed E-state index contributed by atoms with van der Waals surface area (Å²) < 4.78 is 0. The Morgan fingerprint density at radius 1 is 0.952 bits per heavy atom. The Bertz CT molecular complexity index is 303. The maximum atomic E-state index is 2.81. The number of unbranched alkanes of at least 4 members (excludes halogenated alkanes) is 1. The molecular formula is C20H41N. The minimum absolute atomic E-state index is 0.283. The SMILES string of the molecule is CCCCN(C1CC(C)(C)C(CC)C(C)(C)C1)C(C)(C)C. The molecule has 0 atom stereocenters. The highest BCUT2D eigenvalue weighted by molar-refractivity contribution is 5.00. The van der Waals surface area contributed by atoms with Crippen LogP contribution in [0.15, 0.2) is 0 Å². The van der Waals surface area contributed by atoms with Crippen molar-refractivity contribution in [3.05, 3.63) is 0 Å². The molecule has 0 spiro atoms. The van der Waals surface area contributed by atoms with E-state index in [2.05, 4.69) is 67.2 Å². The highest BCUT2D eigenvalue weighted by Gasteiger charge is 2.48. The third kappa shape index (κ3) is 4.47. The van der Waals surface area contributed by atoms with Crippen LogP contribution in [0.5, 0.6) is 0 Å². The van der Waals surface area contributed by atoms with Crippen LogP contribution >= 0.6 is 0 Å². The highest BCUT2D eigenvalue weighted by Crippen LogP contribution is 2.53. The number of nitrogens with zero attached hydrogens (tertiary/aromatic N) is 1. The molecule has 0 aromatic rings. The van der Waals surface area contributed by atoms with Crippen molar-refractivity contribution in [2.24, 2.45) is 16.7 Å². The van der Waals surface area contributed by atoms with Gasteiger partial charge in [0.05, 0.1) is 0 Å². The molecule has 1 fully saturated rings. The van der Waals surface area contributed by atoms with Crippen molar-refractivity contribution in [2.45, 2.75) is 106 Å². The summed E-state index contributed by atoms with van der Waals surface area (Å²) in [4.78, 5) is 2.81. The Labute approximate surface area is 134 Å². The summed E-state index contributed by atoms with van der Waals surface area (Å²) in [5.41, 5.74) is 1.19. The predicted octanol–water partition coefficient (Wildman–Crippen LogP) is 6.13. The number of rotatable bonds is 5. The molecule has 21 heavy (non-hydrogen) atoms. The van der Waals surface area contributed by atoms with Gasteiger partial charge in [-0.1, -0.05) is 54.4 Å². The summed E-state index contributed by atoms with van der Waals surface area (Å²) in [5, 5.41) is 0. The molecule has 0 aromatic heterocycles. The van der Waals surface area contributed by atoms with Crippen molar-refractivity contribution >= 4 is 0 Å². The monoisotopic (exact) mass is 295 g/mol.